The molecule has 1 aromatic carbocycles. The van der Waals surface area contributed by atoms with E-state index in [0.717, 1.165) is 11.3 Å². The monoisotopic (exact) mass is 336 g/mol. The van der Waals surface area contributed by atoms with Crippen molar-refractivity contribution >= 4 is 33.4 Å². The van der Waals surface area contributed by atoms with Gasteiger partial charge >= 0.3 is 0 Å². The van der Waals surface area contributed by atoms with Crippen LogP contribution in [0.3, 0.4) is 0 Å². The molecule has 0 aliphatic carbocycles. The molecule has 0 aliphatic rings. The van der Waals surface area contributed by atoms with Crippen LogP contribution in [-0.4, -0.2) is 34.0 Å². The lowest BCUT2D eigenvalue weighted by atomic mass is 10.2. The molecular weight excluding hydrogens is 316 g/mol. The van der Waals surface area contributed by atoms with E-state index in [4.69, 9.17) is 11.6 Å². The number of thioether (sulfide) groups is 1. The summed E-state index contributed by atoms with van der Waals surface area (Å²) in [4.78, 5) is 0.207. The molecule has 0 amide bonds. The van der Waals surface area contributed by atoms with Crippen LogP contribution < -0.4 is 10.0 Å². The highest BCUT2D eigenvalue weighted by molar-refractivity contribution is 7.98. The molecule has 4 nitrogen and oxygen atoms in total. The van der Waals surface area contributed by atoms with Gasteiger partial charge in [-0.1, -0.05) is 24.6 Å². The van der Waals surface area contributed by atoms with Crippen molar-refractivity contribution in [1.82, 2.24) is 10.0 Å². The molecule has 0 spiro atoms. The van der Waals surface area contributed by atoms with Crippen molar-refractivity contribution in [1.29, 1.82) is 0 Å². The molecule has 0 saturated heterocycles. The quantitative estimate of drug-likeness (QED) is 0.765. The minimum atomic E-state index is -3.49. The molecule has 1 rings (SSSR count). The van der Waals surface area contributed by atoms with Gasteiger partial charge in [0, 0.05) is 18.1 Å². The van der Waals surface area contributed by atoms with E-state index in [1.54, 1.807) is 23.9 Å². The zero-order valence-electron chi connectivity index (χ0n) is 11.9. The van der Waals surface area contributed by atoms with Crippen LogP contribution in [0.25, 0.3) is 0 Å². The third-order valence-corrected chi connectivity index (χ3v) is 5.45. The zero-order chi connectivity index (χ0) is 15.2. The van der Waals surface area contributed by atoms with Crippen molar-refractivity contribution in [3.8, 4) is 0 Å². The molecule has 0 saturated carbocycles. The fraction of sp³-hybridized carbons (Fsp3) is 0.538. The van der Waals surface area contributed by atoms with Crippen LogP contribution >= 0.6 is 23.4 Å². The molecule has 0 bridgehead atoms. The summed E-state index contributed by atoms with van der Waals surface area (Å²) in [7, 11) is -1.68. The number of sulfonamides is 1. The molecule has 0 heterocycles. The van der Waals surface area contributed by atoms with Crippen LogP contribution in [-0.2, 0) is 16.6 Å². The highest BCUT2D eigenvalue weighted by Crippen LogP contribution is 2.21. The number of hydrogen-bond donors (Lipinski definition) is 2. The maximum Gasteiger partial charge on any atom is 0.240 e. The van der Waals surface area contributed by atoms with Crippen molar-refractivity contribution in [3.63, 3.8) is 0 Å². The van der Waals surface area contributed by atoms with E-state index in [1.807, 2.05) is 20.2 Å². The smallest absolute Gasteiger partial charge is 0.240 e. The van der Waals surface area contributed by atoms with E-state index >= 15 is 0 Å². The van der Waals surface area contributed by atoms with Crippen LogP contribution in [0.5, 0.6) is 0 Å². The summed E-state index contributed by atoms with van der Waals surface area (Å²) in [6.07, 6.45) is 2.01. The molecule has 1 atom stereocenters. The standard InChI is InChI=1S/C13H21ClN2O2S2/c1-10(9-19-3)7-16-20(17,18)12-5-4-11(8-15-2)13(14)6-12/h4-6,10,15-16H,7-9H2,1-3H3. The summed E-state index contributed by atoms with van der Waals surface area (Å²) < 4.78 is 27.0. The van der Waals surface area contributed by atoms with Gasteiger partial charge in [0.05, 0.1) is 4.90 Å². The number of halogens is 1. The van der Waals surface area contributed by atoms with Crippen LogP contribution in [0.15, 0.2) is 23.1 Å². The Balaban J connectivity index is 2.80. The van der Waals surface area contributed by atoms with Crippen LogP contribution in [0, 0.1) is 5.92 Å². The molecule has 7 heteroatoms. The molecule has 0 aliphatic heterocycles. The Kier molecular flexibility index (Phi) is 7.33. The van der Waals surface area contributed by atoms with E-state index in [0.29, 0.717) is 24.0 Å². The summed E-state index contributed by atoms with van der Waals surface area (Å²) >= 11 is 7.79. The minimum absolute atomic E-state index is 0.207. The lowest BCUT2D eigenvalue weighted by Crippen LogP contribution is -2.29. The van der Waals surface area contributed by atoms with Crippen LogP contribution in [0.2, 0.25) is 5.02 Å². The maximum atomic E-state index is 12.2. The molecule has 20 heavy (non-hydrogen) atoms. The first-order valence-electron chi connectivity index (χ1n) is 6.32. The number of nitrogens with one attached hydrogen (secondary N) is 2. The van der Waals surface area contributed by atoms with Crippen LogP contribution in [0.4, 0.5) is 0 Å². The highest BCUT2D eigenvalue weighted by atomic mass is 35.5. The predicted octanol–water partition coefficient (Wildman–Crippen LogP) is 2.34. The molecule has 1 unspecified atom stereocenters. The van der Waals surface area contributed by atoms with Gasteiger partial charge in [-0.15, -0.1) is 0 Å². The molecule has 114 valence electrons. The average molecular weight is 337 g/mol. The van der Waals surface area contributed by atoms with Gasteiger partial charge in [-0.05, 0) is 42.7 Å². The molecule has 0 fully saturated rings. The zero-order valence-corrected chi connectivity index (χ0v) is 14.3. The molecule has 0 aromatic heterocycles. The summed E-state index contributed by atoms with van der Waals surface area (Å²) in [6, 6.07) is 4.81. The van der Waals surface area contributed by atoms with Gasteiger partial charge in [0.1, 0.15) is 0 Å². The second kappa shape index (κ2) is 8.24. The number of benzene rings is 1. The predicted molar refractivity (Wildman–Crippen MR) is 87.0 cm³/mol. The second-order valence-electron chi connectivity index (χ2n) is 4.70. The Bertz CT molecular complexity index is 535. The SMILES string of the molecule is CNCc1ccc(S(=O)(=O)NCC(C)CSC)cc1Cl. The minimum Gasteiger partial charge on any atom is -0.316 e. The Morgan fingerprint density at radius 1 is 1.40 bits per heavy atom. The number of hydrogen-bond acceptors (Lipinski definition) is 4. The van der Waals surface area contributed by atoms with E-state index in [2.05, 4.69) is 10.0 Å². The fourth-order valence-electron chi connectivity index (χ4n) is 1.71. The summed E-state index contributed by atoms with van der Waals surface area (Å²) in [5.41, 5.74) is 0.879. The fourth-order valence-corrected chi connectivity index (χ4v) is 3.90. The Hall–Kier alpha value is -0.270. The Morgan fingerprint density at radius 3 is 2.65 bits per heavy atom. The maximum absolute atomic E-state index is 12.2. The lowest BCUT2D eigenvalue weighted by molar-refractivity contribution is 0.562. The van der Waals surface area contributed by atoms with Gasteiger partial charge in [-0.2, -0.15) is 11.8 Å². The van der Waals surface area contributed by atoms with Crippen molar-refractivity contribution in [2.75, 3.05) is 25.6 Å². The normalized spacial score (nSPS) is 13.4. The topological polar surface area (TPSA) is 58.2 Å². The summed E-state index contributed by atoms with van der Waals surface area (Å²) in [5, 5.41) is 3.44. The Morgan fingerprint density at radius 2 is 2.10 bits per heavy atom. The highest BCUT2D eigenvalue weighted by Gasteiger charge is 2.16. The van der Waals surface area contributed by atoms with Gasteiger partial charge in [0.15, 0.2) is 0 Å². The summed E-state index contributed by atoms with van der Waals surface area (Å²) in [5.74, 6) is 1.21. The third-order valence-electron chi connectivity index (χ3n) is 2.78. The van der Waals surface area contributed by atoms with Crippen molar-refractivity contribution in [2.24, 2.45) is 5.92 Å². The largest absolute Gasteiger partial charge is 0.316 e. The molecule has 2 N–H and O–H groups in total. The second-order valence-corrected chi connectivity index (χ2v) is 7.78. The first kappa shape index (κ1) is 17.8. The summed E-state index contributed by atoms with van der Waals surface area (Å²) in [6.45, 7) is 3.05. The van der Waals surface area contributed by atoms with Crippen molar-refractivity contribution in [3.05, 3.63) is 28.8 Å². The van der Waals surface area contributed by atoms with Gasteiger partial charge in [0.25, 0.3) is 0 Å². The van der Waals surface area contributed by atoms with E-state index in [9.17, 15) is 8.42 Å². The first-order chi connectivity index (χ1) is 9.40. The molecule has 0 radical (unpaired) electrons. The Labute approximate surface area is 130 Å². The van der Waals surface area contributed by atoms with Crippen molar-refractivity contribution < 1.29 is 8.42 Å². The van der Waals surface area contributed by atoms with E-state index < -0.39 is 10.0 Å². The van der Waals surface area contributed by atoms with Gasteiger partial charge in [-0.3, -0.25) is 0 Å². The molecule has 1 aromatic rings. The first-order valence-corrected chi connectivity index (χ1v) is 9.58. The third kappa shape index (κ3) is 5.26. The van der Waals surface area contributed by atoms with Gasteiger partial charge < -0.3 is 5.32 Å². The average Bonchev–Trinajstić information content (AvgIpc) is 2.39. The number of rotatable bonds is 8. The van der Waals surface area contributed by atoms with Crippen LogP contribution in [0.1, 0.15) is 12.5 Å². The lowest BCUT2D eigenvalue weighted by Gasteiger charge is -2.12. The van der Waals surface area contributed by atoms with E-state index in [1.165, 1.54) is 6.07 Å². The van der Waals surface area contributed by atoms with E-state index in [-0.39, 0.29) is 4.90 Å². The molecular formula is C13H21ClN2O2S2. The van der Waals surface area contributed by atoms with Gasteiger partial charge in [-0.25, -0.2) is 13.1 Å². The van der Waals surface area contributed by atoms with Crippen molar-refractivity contribution in [2.45, 2.75) is 18.4 Å². The van der Waals surface area contributed by atoms with Gasteiger partial charge in [0.2, 0.25) is 10.0 Å².